The minimum absolute atomic E-state index is 0.00325. The van der Waals surface area contributed by atoms with Crippen LogP contribution in [0, 0.1) is 5.92 Å². The fraction of sp³-hybridized carbons (Fsp3) is 0.632. The molecule has 3 rings (SSSR count). The monoisotopic (exact) mass is 424 g/mol. The number of carbonyl (C=O) groups excluding carboxylic acids is 1. The van der Waals surface area contributed by atoms with Crippen molar-refractivity contribution in [3.8, 4) is 0 Å². The molecule has 2 fully saturated rings. The Labute approximate surface area is 164 Å². The average Bonchev–Trinajstić information content (AvgIpc) is 3.09. The Morgan fingerprint density at radius 3 is 2.10 bits per heavy atom. The van der Waals surface area contributed by atoms with Gasteiger partial charge in [-0.3, -0.25) is 4.79 Å². The topological polar surface area (TPSA) is 32.8 Å². The molecule has 0 N–H and O–H groups in total. The van der Waals surface area contributed by atoms with Crippen LogP contribution in [0.2, 0.25) is 0 Å². The van der Waals surface area contributed by atoms with Gasteiger partial charge >= 0.3 is 12.4 Å². The maximum Gasteiger partial charge on any atom is 0.416 e. The largest absolute Gasteiger partial charge is 0.416 e. The molecule has 0 spiro atoms. The van der Waals surface area contributed by atoms with E-state index in [1.807, 2.05) is 25.9 Å². The fourth-order valence-electron chi connectivity index (χ4n) is 4.23. The van der Waals surface area contributed by atoms with Crippen molar-refractivity contribution in [3.63, 3.8) is 0 Å². The number of fused-ring (bicyclic) bond motifs is 1. The van der Waals surface area contributed by atoms with Gasteiger partial charge in [-0.15, -0.1) is 0 Å². The summed E-state index contributed by atoms with van der Waals surface area (Å²) in [6, 6.07) is 1.34. The summed E-state index contributed by atoms with van der Waals surface area (Å²) in [5.74, 6) is -0.119. The molecule has 0 saturated carbocycles. The molecule has 4 atom stereocenters. The van der Waals surface area contributed by atoms with E-state index in [2.05, 4.69) is 0 Å². The number of amides is 1. The molecule has 162 valence electrons. The van der Waals surface area contributed by atoms with Gasteiger partial charge in [0, 0.05) is 24.9 Å². The highest BCUT2D eigenvalue weighted by atomic mass is 19.4. The molecule has 2 aliphatic rings. The molecule has 4 unspecified atom stereocenters. The summed E-state index contributed by atoms with van der Waals surface area (Å²) in [5, 5.41) is 0. The van der Waals surface area contributed by atoms with E-state index in [0.29, 0.717) is 18.6 Å². The van der Waals surface area contributed by atoms with Crippen molar-refractivity contribution >= 4 is 5.91 Å². The van der Waals surface area contributed by atoms with Crippen molar-refractivity contribution in [3.05, 3.63) is 34.9 Å². The maximum atomic E-state index is 13.0. The van der Waals surface area contributed by atoms with Crippen LogP contribution < -0.4 is 0 Å². The van der Waals surface area contributed by atoms with Gasteiger partial charge in [0.25, 0.3) is 0 Å². The first-order valence-corrected chi connectivity index (χ1v) is 9.15. The number of alkyl halides is 6. The number of benzene rings is 1. The molecule has 1 amide bonds. The molecule has 0 bridgehead atoms. The molecule has 0 aromatic heterocycles. The van der Waals surface area contributed by atoms with E-state index in [0.717, 1.165) is 0 Å². The zero-order chi connectivity index (χ0) is 21.7. The molecule has 0 radical (unpaired) electrons. The van der Waals surface area contributed by atoms with E-state index in [9.17, 15) is 31.1 Å². The minimum atomic E-state index is -4.90. The summed E-state index contributed by atoms with van der Waals surface area (Å²) in [4.78, 5) is 15.9. The second-order valence-corrected chi connectivity index (χ2v) is 7.89. The van der Waals surface area contributed by atoms with E-state index >= 15 is 0 Å². The first-order chi connectivity index (χ1) is 13.3. The normalized spacial score (nSPS) is 27.8. The number of rotatable bonds is 4. The number of halogens is 6. The highest BCUT2D eigenvalue weighted by Gasteiger charge is 2.51. The van der Waals surface area contributed by atoms with Crippen molar-refractivity contribution in [1.29, 1.82) is 0 Å². The lowest BCUT2D eigenvalue weighted by molar-refractivity contribution is -0.143. The minimum Gasteiger partial charge on any atom is -0.371 e. The third-order valence-electron chi connectivity index (χ3n) is 5.73. The van der Waals surface area contributed by atoms with Gasteiger partial charge in [-0.1, -0.05) is 6.92 Å². The molecule has 29 heavy (non-hydrogen) atoms. The third kappa shape index (κ3) is 4.37. The van der Waals surface area contributed by atoms with Crippen LogP contribution in [0.1, 0.15) is 30.0 Å². The Bertz CT molecular complexity index is 745. The quantitative estimate of drug-likeness (QED) is 0.690. The zero-order valence-electron chi connectivity index (χ0n) is 16.1. The van der Waals surface area contributed by atoms with Crippen molar-refractivity contribution in [2.24, 2.45) is 5.92 Å². The van der Waals surface area contributed by atoms with Crippen LogP contribution in [0.25, 0.3) is 0 Å². The van der Waals surface area contributed by atoms with E-state index in [4.69, 9.17) is 4.74 Å². The van der Waals surface area contributed by atoms with Gasteiger partial charge in [0.05, 0.1) is 29.9 Å². The van der Waals surface area contributed by atoms with Crippen molar-refractivity contribution < 1.29 is 35.9 Å². The lowest BCUT2D eigenvalue weighted by Gasteiger charge is -2.29. The van der Waals surface area contributed by atoms with Gasteiger partial charge in [0.1, 0.15) is 0 Å². The molecule has 10 heteroatoms. The SMILES string of the molecule is CC1C(OCc2cc(C(F)(F)F)cc(C(F)(F)F)c2)CN2C(=O)CC(N(C)C)C12. The van der Waals surface area contributed by atoms with Crippen LogP contribution in [0.15, 0.2) is 18.2 Å². The lowest BCUT2D eigenvalue weighted by atomic mass is 9.94. The molecule has 2 heterocycles. The van der Waals surface area contributed by atoms with Crippen LogP contribution >= 0.6 is 0 Å². The number of hydrogen-bond donors (Lipinski definition) is 0. The van der Waals surface area contributed by atoms with E-state index in [-0.39, 0.29) is 42.1 Å². The first-order valence-electron chi connectivity index (χ1n) is 9.15. The van der Waals surface area contributed by atoms with Crippen LogP contribution in [0.3, 0.4) is 0 Å². The molecule has 2 aliphatic heterocycles. The summed E-state index contributed by atoms with van der Waals surface area (Å²) < 4.78 is 83.7. The van der Waals surface area contributed by atoms with Gasteiger partial charge in [0.15, 0.2) is 0 Å². The number of likely N-dealkylation sites (N-methyl/N-ethyl adjacent to an activating group) is 1. The molecule has 0 aliphatic carbocycles. The Morgan fingerprint density at radius 1 is 1.07 bits per heavy atom. The molecule has 1 aromatic rings. The Hall–Kier alpha value is -1.81. The number of hydrogen-bond acceptors (Lipinski definition) is 3. The Balaban J connectivity index is 1.77. The predicted octanol–water partition coefficient (Wildman–Crippen LogP) is 3.79. The van der Waals surface area contributed by atoms with E-state index < -0.39 is 36.2 Å². The van der Waals surface area contributed by atoms with Crippen LogP contribution in [0.5, 0.6) is 0 Å². The van der Waals surface area contributed by atoms with Crippen molar-refractivity contribution in [2.75, 3.05) is 20.6 Å². The number of nitrogens with zero attached hydrogens (tertiary/aromatic N) is 2. The second-order valence-electron chi connectivity index (χ2n) is 7.89. The fourth-order valence-corrected chi connectivity index (χ4v) is 4.23. The molecule has 2 saturated heterocycles. The summed E-state index contributed by atoms with van der Waals surface area (Å²) in [6.07, 6.45) is -9.87. The number of ether oxygens (including phenoxy) is 1. The Kier molecular flexibility index (Phi) is 5.63. The van der Waals surface area contributed by atoms with Gasteiger partial charge in [-0.2, -0.15) is 26.3 Å². The predicted molar refractivity (Wildman–Crippen MR) is 91.8 cm³/mol. The van der Waals surface area contributed by atoms with Crippen LogP contribution in [-0.2, 0) is 28.5 Å². The van der Waals surface area contributed by atoms with Crippen LogP contribution in [0.4, 0.5) is 26.3 Å². The van der Waals surface area contributed by atoms with Gasteiger partial charge in [0.2, 0.25) is 5.91 Å². The Morgan fingerprint density at radius 2 is 1.62 bits per heavy atom. The van der Waals surface area contributed by atoms with Gasteiger partial charge in [-0.05, 0) is 37.9 Å². The smallest absolute Gasteiger partial charge is 0.371 e. The molecule has 4 nitrogen and oxygen atoms in total. The maximum absolute atomic E-state index is 13.0. The average molecular weight is 424 g/mol. The summed E-state index contributed by atoms with van der Waals surface area (Å²) in [7, 11) is 3.73. The standard InChI is InChI=1S/C19H22F6N2O2/c1-10-15(8-27-16(28)7-14(17(10)27)26(2)3)29-9-11-4-12(18(20,21)22)6-13(5-11)19(23,24)25/h4-6,10,14-15,17H,7-9H2,1-3H3. The van der Waals surface area contributed by atoms with Gasteiger partial charge in [-0.25, -0.2) is 0 Å². The molecular weight excluding hydrogens is 402 g/mol. The molecule has 1 aromatic carbocycles. The van der Waals surface area contributed by atoms with Crippen molar-refractivity contribution in [2.45, 2.75) is 50.5 Å². The summed E-state index contributed by atoms with van der Waals surface area (Å²) in [6.45, 7) is 1.77. The number of carbonyl (C=O) groups is 1. The highest BCUT2D eigenvalue weighted by molar-refractivity contribution is 5.80. The summed E-state index contributed by atoms with van der Waals surface area (Å²) >= 11 is 0. The second kappa shape index (κ2) is 7.46. The molecular formula is C19H22F6N2O2. The zero-order valence-corrected chi connectivity index (χ0v) is 16.1. The lowest BCUT2D eigenvalue weighted by Crippen LogP contribution is -2.42. The summed E-state index contributed by atoms with van der Waals surface area (Å²) in [5.41, 5.74) is -2.94. The van der Waals surface area contributed by atoms with Gasteiger partial charge < -0.3 is 14.5 Å². The third-order valence-corrected chi connectivity index (χ3v) is 5.73. The van der Waals surface area contributed by atoms with E-state index in [1.54, 1.807) is 4.90 Å². The van der Waals surface area contributed by atoms with E-state index in [1.165, 1.54) is 0 Å². The highest BCUT2D eigenvalue weighted by Crippen LogP contribution is 2.39. The first kappa shape index (κ1) is 21.9. The van der Waals surface area contributed by atoms with Crippen LogP contribution in [-0.4, -0.2) is 54.5 Å². The van der Waals surface area contributed by atoms with Crippen molar-refractivity contribution in [1.82, 2.24) is 9.80 Å².